The summed E-state index contributed by atoms with van der Waals surface area (Å²) in [6.45, 7) is 0. The fraction of sp³-hybridized carbons (Fsp3) is 0.0588. The number of aliphatic hydroxyl groups excluding tert-OH is 1. The maximum Gasteiger partial charge on any atom is 0.416 e. The molecule has 0 spiro atoms. The second-order valence-corrected chi connectivity index (χ2v) is 7.48. The van der Waals surface area contributed by atoms with Gasteiger partial charge in [0.2, 0.25) is 0 Å². The van der Waals surface area contributed by atoms with Gasteiger partial charge in [-0.05, 0) is 30.3 Å². The van der Waals surface area contributed by atoms with Gasteiger partial charge in [-0.2, -0.15) is 18.4 Å². The maximum atomic E-state index is 12.9. The predicted octanol–water partition coefficient (Wildman–Crippen LogP) is 7.23. The van der Waals surface area contributed by atoms with E-state index in [0.29, 0.717) is 4.70 Å². The molecule has 27 heavy (non-hydrogen) atoms. The smallest absolute Gasteiger partial charge is 0.416 e. The van der Waals surface area contributed by atoms with E-state index in [2.05, 4.69) is 4.98 Å². The Kier molecular flexibility index (Phi) is 5.28. The van der Waals surface area contributed by atoms with Crippen LogP contribution in [0.4, 0.5) is 13.2 Å². The molecule has 0 amide bonds. The zero-order chi connectivity index (χ0) is 19.9. The van der Waals surface area contributed by atoms with Crippen molar-refractivity contribution in [2.75, 3.05) is 0 Å². The third kappa shape index (κ3) is 3.71. The number of thiazole rings is 1. The number of aliphatic hydroxyl groups is 1. The molecule has 2 aromatic carbocycles. The van der Waals surface area contributed by atoms with Gasteiger partial charge < -0.3 is 5.11 Å². The first-order chi connectivity index (χ1) is 12.6. The highest BCUT2D eigenvalue weighted by Crippen LogP contribution is 2.40. The van der Waals surface area contributed by atoms with Crippen molar-refractivity contribution in [3.63, 3.8) is 0 Å². The molecule has 10 heteroatoms. The number of hydrogen-bond acceptors (Lipinski definition) is 4. The number of hydrogen-bond donors (Lipinski definition) is 1. The van der Waals surface area contributed by atoms with Crippen LogP contribution in [0.3, 0.4) is 0 Å². The highest BCUT2D eigenvalue weighted by Gasteiger charge is 2.31. The highest BCUT2D eigenvalue weighted by atomic mass is 35.5. The van der Waals surface area contributed by atoms with Crippen LogP contribution in [0, 0.1) is 11.3 Å². The molecule has 0 saturated carbocycles. The second kappa shape index (κ2) is 7.21. The van der Waals surface area contributed by atoms with Crippen LogP contribution in [0.5, 0.6) is 0 Å². The van der Waals surface area contributed by atoms with E-state index in [0.717, 1.165) is 23.5 Å². The maximum absolute atomic E-state index is 12.9. The summed E-state index contributed by atoms with van der Waals surface area (Å²) < 4.78 is 39.0. The summed E-state index contributed by atoms with van der Waals surface area (Å²) in [5.74, 6) is -0.565. The molecule has 3 aromatic rings. The summed E-state index contributed by atoms with van der Waals surface area (Å²) in [6, 6.07) is 7.66. The van der Waals surface area contributed by atoms with Gasteiger partial charge in [-0.1, -0.05) is 34.8 Å². The van der Waals surface area contributed by atoms with Crippen molar-refractivity contribution >= 4 is 67.7 Å². The van der Waals surface area contributed by atoms with Crippen LogP contribution in [0.1, 0.15) is 16.1 Å². The van der Waals surface area contributed by atoms with E-state index in [1.165, 1.54) is 18.2 Å². The van der Waals surface area contributed by atoms with Gasteiger partial charge in [-0.25, -0.2) is 4.98 Å². The lowest BCUT2D eigenvalue weighted by atomic mass is 10.1. The minimum atomic E-state index is -4.52. The van der Waals surface area contributed by atoms with Crippen molar-refractivity contribution in [3.05, 3.63) is 61.5 Å². The summed E-state index contributed by atoms with van der Waals surface area (Å²) in [5.41, 5.74) is -1.15. The number of halogens is 6. The van der Waals surface area contributed by atoms with Crippen LogP contribution in [0.25, 0.3) is 21.5 Å². The van der Waals surface area contributed by atoms with Crippen LogP contribution < -0.4 is 0 Å². The normalized spacial score (nSPS) is 12.8. The molecule has 0 fully saturated rings. The first kappa shape index (κ1) is 19.8. The number of nitriles is 1. The molecule has 0 aliphatic heterocycles. The van der Waals surface area contributed by atoms with Crippen molar-refractivity contribution in [2.24, 2.45) is 0 Å². The van der Waals surface area contributed by atoms with Crippen LogP contribution in [0.2, 0.25) is 15.1 Å². The Bertz CT molecular complexity index is 1130. The number of allylic oxidation sites excluding steroid dienone is 1. The molecule has 3 nitrogen and oxygen atoms in total. The van der Waals surface area contributed by atoms with Crippen LogP contribution in [-0.4, -0.2) is 10.1 Å². The molecule has 1 aromatic heterocycles. The minimum Gasteiger partial charge on any atom is -0.506 e. The number of aromatic nitrogens is 1. The van der Waals surface area contributed by atoms with Gasteiger partial charge in [0.25, 0.3) is 0 Å². The Labute approximate surface area is 169 Å². The van der Waals surface area contributed by atoms with E-state index in [1.807, 2.05) is 0 Å². The lowest BCUT2D eigenvalue weighted by molar-refractivity contribution is -0.137. The zero-order valence-electron chi connectivity index (χ0n) is 12.9. The number of benzene rings is 2. The van der Waals surface area contributed by atoms with E-state index >= 15 is 0 Å². The van der Waals surface area contributed by atoms with Crippen LogP contribution in [-0.2, 0) is 6.18 Å². The van der Waals surface area contributed by atoms with E-state index in [-0.39, 0.29) is 36.7 Å². The molecule has 138 valence electrons. The average molecular weight is 450 g/mol. The second-order valence-electron chi connectivity index (χ2n) is 5.25. The Morgan fingerprint density at radius 1 is 1.11 bits per heavy atom. The molecule has 0 aliphatic rings. The Morgan fingerprint density at radius 3 is 2.41 bits per heavy atom. The van der Waals surface area contributed by atoms with Gasteiger partial charge in [0.05, 0.1) is 36.4 Å². The predicted molar refractivity (Wildman–Crippen MR) is 101 cm³/mol. The number of nitrogens with zero attached hydrogens (tertiary/aromatic N) is 2. The molecule has 0 aliphatic carbocycles. The summed E-state index contributed by atoms with van der Waals surface area (Å²) in [7, 11) is 0. The van der Waals surface area contributed by atoms with Crippen molar-refractivity contribution in [1.29, 1.82) is 5.26 Å². The quantitative estimate of drug-likeness (QED) is 0.255. The third-order valence-electron chi connectivity index (χ3n) is 3.56. The van der Waals surface area contributed by atoms with Crippen LogP contribution >= 0.6 is 46.1 Å². The monoisotopic (exact) mass is 448 g/mol. The van der Waals surface area contributed by atoms with Gasteiger partial charge in [0.1, 0.15) is 22.4 Å². The summed E-state index contributed by atoms with van der Waals surface area (Å²) in [4.78, 5) is 4.05. The molecule has 0 unspecified atom stereocenters. The lowest BCUT2D eigenvalue weighted by Crippen LogP contribution is -2.03. The van der Waals surface area contributed by atoms with E-state index in [9.17, 15) is 23.5 Å². The number of alkyl halides is 3. The van der Waals surface area contributed by atoms with Crippen molar-refractivity contribution in [2.45, 2.75) is 6.18 Å². The Balaban J connectivity index is 2.20. The van der Waals surface area contributed by atoms with Gasteiger partial charge >= 0.3 is 6.18 Å². The first-order valence-corrected chi connectivity index (χ1v) is 9.04. The Morgan fingerprint density at radius 2 is 1.78 bits per heavy atom. The molecular formula is C17H6Cl3F3N2OS. The fourth-order valence-corrected chi connectivity index (χ4v) is 3.93. The minimum absolute atomic E-state index is 0.0245. The third-order valence-corrected chi connectivity index (χ3v) is 5.73. The molecule has 0 radical (unpaired) electrons. The fourth-order valence-electron chi connectivity index (χ4n) is 2.28. The highest BCUT2D eigenvalue weighted by molar-refractivity contribution is 7.19. The largest absolute Gasteiger partial charge is 0.506 e. The van der Waals surface area contributed by atoms with Crippen molar-refractivity contribution < 1.29 is 18.3 Å². The van der Waals surface area contributed by atoms with Crippen molar-refractivity contribution in [1.82, 2.24) is 4.98 Å². The van der Waals surface area contributed by atoms with Crippen molar-refractivity contribution in [3.8, 4) is 6.07 Å². The van der Waals surface area contributed by atoms with E-state index < -0.39 is 17.5 Å². The summed E-state index contributed by atoms with van der Waals surface area (Å²) >= 11 is 19.0. The van der Waals surface area contributed by atoms with Crippen LogP contribution in [0.15, 0.2) is 30.3 Å². The molecule has 1 N–H and O–H groups in total. The number of fused-ring (bicyclic) bond motifs is 1. The SMILES string of the molecule is N#C/C(=C(/O)c1c(Cl)ccc(Cl)c1Cl)c1nc2cc(C(F)(F)F)ccc2s1. The molecule has 0 atom stereocenters. The summed E-state index contributed by atoms with van der Waals surface area (Å²) in [6.07, 6.45) is -4.52. The Hall–Kier alpha value is -1.98. The summed E-state index contributed by atoms with van der Waals surface area (Å²) in [5, 5.41) is 20.1. The van der Waals surface area contributed by atoms with Gasteiger partial charge in [-0.15, -0.1) is 11.3 Å². The topological polar surface area (TPSA) is 56.9 Å². The van der Waals surface area contributed by atoms with Gasteiger partial charge in [0.15, 0.2) is 0 Å². The molecule has 1 heterocycles. The standard InChI is InChI=1S/C17H6Cl3F3N2OS/c18-9-2-3-10(19)14(20)13(9)15(26)8(6-24)16-25-11-5-7(17(21,22)23)1-4-12(11)27-16/h1-5,26H/b15-8-. The zero-order valence-corrected chi connectivity index (χ0v) is 16.0. The van der Waals surface area contributed by atoms with Gasteiger partial charge in [-0.3, -0.25) is 0 Å². The average Bonchev–Trinajstić information content (AvgIpc) is 3.01. The number of rotatable bonds is 2. The molecule has 3 rings (SSSR count). The molecular weight excluding hydrogens is 444 g/mol. The van der Waals surface area contributed by atoms with E-state index in [4.69, 9.17) is 34.8 Å². The molecule has 0 bridgehead atoms. The first-order valence-electron chi connectivity index (χ1n) is 7.09. The van der Waals surface area contributed by atoms with E-state index in [1.54, 1.807) is 6.07 Å². The molecule has 0 saturated heterocycles. The van der Waals surface area contributed by atoms with Gasteiger partial charge in [0, 0.05) is 0 Å². The lowest BCUT2D eigenvalue weighted by Gasteiger charge is -2.08.